The number of aromatic nitrogens is 2. The summed E-state index contributed by atoms with van der Waals surface area (Å²) in [5.74, 6) is -0.110. The lowest BCUT2D eigenvalue weighted by Crippen LogP contribution is -2.37. The monoisotopic (exact) mass is 401 g/mol. The molecular formula is C21H27N3O3S. The highest BCUT2D eigenvalue weighted by molar-refractivity contribution is 7.98. The molecule has 3 rings (SSSR count). The van der Waals surface area contributed by atoms with Crippen molar-refractivity contribution in [1.82, 2.24) is 9.97 Å². The number of aliphatic carboxylic acids is 1. The highest BCUT2D eigenvalue weighted by atomic mass is 32.2. The molecule has 2 heterocycles. The first-order valence-corrected chi connectivity index (χ1v) is 10.8. The second kappa shape index (κ2) is 9.89. The molecule has 0 spiro atoms. The SMILES string of the molecule is COCCCc1cnc(-c2ccc(SC)cc2)c(N2CCC(C(=O)O)CC2)n1. The topological polar surface area (TPSA) is 75.5 Å². The molecule has 2 aromatic rings. The number of carbonyl (C=O) groups is 1. The van der Waals surface area contributed by atoms with Crippen molar-refractivity contribution in [2.75, 3.05) is 38.0 Å². The Morgan fingerprint density at radius 2 is 2.00 bits per heavy atom. The van der Waals surface area contributed by atoms with E-state index in [1.54, 1.807) is 18.9 Å². The van der Waals surface area contributed by atoms with Crippen molar-refractivity contribution in [3.05, 3.63) is 36.2 Å². The summed E-state index contributed by atoms with van der Waals surface area (Å²) < 4.78 is 5.14. The number of nitrogens with zero attached hydrogens (tertiary/aromatic N) is 3. The highest BCUT2D eigenvalue weighted by Crippen LogP contribution is 2.31. The van der Waals surface area contributed by atoms with E-state index in [4.69, 9.17) is 14.7 Å². The lowest BCUT2D eigenvalue weighted by Gasteiger charge is -2.32. The Labute approximate surface area is 170 Å². The Hall–Kier alpha value is -2.12. The van der Waals surface area contributed by atoms with Gasteiger partial charge >= 0.3 is 5.97 Å². The third-order valence-corrected chi connectivity index (χ3v) is 5.84. The van der Waals surface area contributed by atoms with Crippen LogP contribution in [0.15, 0.2) is 35.4 Å². The van der Waals surface area contributed by atoms with E-state index in [1.807, 2.05) is 6.20 Å². The van der Waals surface area contributed by atoms with Crippen molar-refractivity contribution in [2.24, 2.45) is 5.92 Å². The molecule has 28 heavy (non-hydrogen) atoms. The number of piperidine rings is 1. The molecule has 1 saturated heterocycles. The summed E-state index contributed by atoms with van der Waals surface area (Å²) in [6.45, 7) is 2.06. The van der Waals surface area contributed by atoms with E-state index < -0.39 is 5.97 Å². The van der Waals surface area contributed by atoms with Gasteiger partial charge in [0.2, 0.25) is 0 Å². The van der Waals surface area contributed by atoms with Crippen molar-refractivity contribution in [1.29, 1.82) is 0 Å². The van der Waals surface area contributed by atoms with Gasteiger partial charge in [0.25, 0.3) is 0 Å². The standard InChI is InChI=1S/C21H27N3O3S/c1-27-13-3-4-17-14-22-19(15-5-7-18(28-2)8-6-15)20(23-17)24-11-9-16(10-12-24)21(25)26/h5-8,14,16H,3-4,9-13H2,1-2H3,(H,25,26). The van der Waals surface area contributed by atoms with Crippen LogP contribution in [0, 0.1) is 5.92 Å². The zero-order chi connectivity index (χ0) is 19.9. The third kappa shape index (κ3) is 5.02. The van der Waals surface area contributed by atoms with Crippen LogP contribution in [0.3, 0.4) is 0 Å². The van der Waals surface area contributed by atoms with Crippen LogP contribution in [0.25, 0.3) is 11.3 Å². The van der Waals surface area contributed by atoms with Crippen molar-refractivity contribution in [3.63, 3.8) is 0 Å². The Morgan fingerprint density at radius 3 is 2.61 bits per heavy atom. The first-order chi connectivity index (χ1) is 13.6. The molecule has 0 radical (unpaired) electrons. The molecular weight excluding hydrogens is 374 g/mol. The van der Waals surface area contributed by atoms with E-state index in [2.05, 4.69) is 35.4 Å². The summed E-state index contributed by atoms with van der Waals surface area (Å²) >= 11 is 1.71. The molecule has 150 valence electrons. The first-order valence-electron chi connectivity index (χ1n) is 9.59. The van der Waals surface area contributed by atoms with Gasteiger partial charge in [0, 0.05) is 43.5 Å². The number of ether oxygens (including phenoxy) is 1. The second-order valence-electron chi connectivity index (χ2n) is 6.96. The molecule has 0 atom stereocenters. The summed E-state index contributed by atoms with van der Waals surface area (Å²) in [6.07, 6.45) is 6.88. The number of methoxy groups -OCH3 is 1. The zero-order valence-electron chi connectivity index (χ0n) is 16.4. The smallest absolute Gasteiger partial charge is 0.306 e. The van der Waals surface area contributed by atoms with Gasteiger partial charge in [-0.2, -0.15) is 0 Å². The number of hydrogen-bond donors (Lipinski definition) is 1. The van der Waals surface area contributed by atoms with Crippen LogP contribution in [0.4, 0.5) is 5.82 Å². The lowest BCUT2D eigenvalue weighted by molar-refractivity contribution is -0.142. The Balaban J connectivity index is 1.88. The van der Waals surface area contributed by atoms with E-state index in [0.29, 0.717) is 32.5 Å². The third-order valence-electron chi connectivity index (χ3n) is 5.09. The molecule has 1 aromatic heterocycles. The summed E-state index contributed by atoms with van der Waals surface area (Å²) in [6, 6.07) is 8.34. The van der Waals surface area contributed by atoms with Crippen LogP contribution in [-0.4, -0.2) is 54.1 Å². The number of hydrogen-bond acceptors (Lipinski definition) is 6. The molecule has 1 fully saturated rings. The van der Waals surface area contributed by atoms with Crippen molar-refractivity contribution >= 4 is 23.5 Å². The molecule has 1 aliphatic heterocycles. The van der Waals surface area contributed by atoms with Gasteiger partial charge in [0.1, 0.15) is 5.69 Å². The summed E-state index contributed by atoms with van der Waals surface area (Å²) in [5, 5.41) is 9.28. The maximum Gasteiger partial charge on any atom is 0.306 e. The van der Waals surface area contributed by atoms with Gasteiger partial charge in [-0.25, -0.2) is 4.98 Å². The zero-order valence-corrected chi connectivity index (χ0v) is 17.2. The van der Waals surface area contributed by atoms with Gasteiger partial charge < -0.3 is 14.7 Å². The fourth-order valence-electron chi connectivity index (χ4n) is 3.44. The van der Waals surface area contributed by atoms with Gasteiger partial charge in [0.15, 0.2) is 5.82 Å². The first kappa shape index (κ1) is 20.6. The van der Waals surface area contributed by atoms with Crippen LogP contribution in [0.5, 0.6) is 0 Å². The number of thioether (sulfide) groups is 1. The number of aryl methyl sites for hydroxylation is 1. The van der Waals surface area contributed by atoms with Crippen molar-refractivity contribution in [3.8, 4) is 11.3 Å². The number of benzene rings is 1. The number of carboxylic acid groups (broad SMARTS) is 1. The Bertz CT molecular complexity index is 790. The van der Waals surface area contributed by atoms with Gasteiger partial charge in [0.05, 0.1) is 11.6 Å². The van der Waals surface area contributed by atoms with Gasteiger partial charge in [-0.15, -0.1) is 11.8 Å². The van der Waals surface area contributed by atoms with E-state index >= 15 is 0 Å². The molecule has 0 aliphatic carbocycles. The largest absolute Gasteiger partial charge is 0.481 e. The average molecular weight is 402 g/mol. The van der Waals surface area contributed by atoms with Gasteiger partial charge in [-0.05, 0) is 44.1 Å². The molecule has 1 aliphatic rings. The van der Waals surface area contributed by atoms with Crippen LogP contribution in [0.2, 0.25) is 0 Å². The second-order valence-corrected chi connectivity index (χ2v) is 7.84. The minimum atomic E-state index is -0.702. The van der Waals surface area contributed by atoms with Crippen LogP contribution >= 0.6 is 11.8 Å². The maximum atomic E-state index is 11.3. The predicted octanol–water partition coefficient (Wildman–Crippen LogP) is 3.75. The predicted molar refractivity (Wildman–Crippen MR) is 112 cm³/mol. The maximum absolute atomic E-state index is 11.3. The molecule has 7 heteroatoms. The minimum absolute atomic E-state index is 0.265. The van der Waals surface area contributed by atoms with Crippen LogP contribution in [-0.2, 0) is 16.0 Å². The minimum Gasteiger partial charge on any atom is -0.481 e. The van der Waals surface area contributed by atoms with Crippen molar-refractivity contribution in [2.45, 2.75) is 30.6 Å². The van der Waals surface area contributed by atoms with E-state index in [0.717, 1.165) is 35.6 Å². The molecule has 1 N–H and O–H groups in total. The van der Waals surface area contributed by atoms with E-state index in [1.165, 1.54) is 4.90 Å². The van der Waals surface area contributed by atoms with Crippen molar-refractivity contribution < 1.29 is 14.6 Å². The summed E-state index contributed by atoms with van der Waals surface area (Å²) in [7, 11) is 1.70. The summed E-state index contributed by atoms with van der Waals surface area (Å²) in [4.78, 5) is 24.3. The molecule has 6 nitrogen and oxygen atoms in total. The Morgan fingerprint density at radius 1 is 1.29 bits per heavy atom. The fraction of sp³-hybridized carbons (Fsp3) is 0.476. The Kier molecular flexibility index (Phi) is 7.28. The van der Waals surface area contributed by atoms with Gasteiger partial charge in [-0.1, -0.05) is 12.1 Å². The summed E-state index contributed by atoms with van der Waals surface area (Å²) in [5.41, 5.74) is 2.83. The molecule has 0 saturated carbocycles. The average Bonchev–Trinajstić information content (AvgIpc) is 2.74. The number of anilines is 1. The molecule has 0 unspecified atom stereocenters. The van der Waals surface area contributed by atoms with E-state index in [-0.39, 0.29) is 5.92 Å². The molecule has 0 bridgehead atoms. The number of rotatable bonds is 8. The van der Waals surface area contributed by atoms with E-state index in [9.17, 15) is 9.90 Å². The number of carboxylic acids is 1. The normalized spacial score (nSPS) is 15.0. The highest BCUT2D eigenvalue weighted by Gasteiger charge is 2.27. The molecule has 1 aromatic carbocycles. The van der Waals surface area contributed by atoms with Gasteiger partial charge in [-0.3, -0.25) is 9.78 Å². The fourth-order valence-corrected chi connectivity index (χ4v) is 3.85. The quantitative estimate of drug-likeness (QED) is 0.533. The molecule has 0 amide bonds. The van der Waals surface area contributed by atoms with Crippen LogP contribution in [0.1, 0.15) is 25.0 Å². The lowest BCUT2D eigenvalue weighted by atomic mass is 9.97. The van der Waals surface area contributed by atoms with Crippen LogP contribution < -0.4 is 4.90 Å².